The van der Waals surface area contributed by atoms with E-state index >= 15 is 0 Å². The molecule has 1 aromatic heterocycles. The van der Waals surface area contributed by atoms with Gasteiger partial charge in [0.1, 0.15) is 11.3 Å². The average Bonchev–Trinajstić information content (AvgIpc) is 2.88. The Hall–Kier alpha value is -2.03. The number of furan rings is 1. The van der Waals surface area contributed by atoms with Gasteiger partial charge >= 0.3 is 0 Å². The van der Waals surface area contributed by atoms with Crippen molar-refractivity contribution in [2.24, 2.45) is 0 Å². The van der Waals surface area contributed by atoms with Crippen LogP contribution in [0.4, 0.5) is 0 Å². The molecule has 0 aliphatic heterocycles. The second-order valence-electron chi connectivity index (χ2n) is 5.14. The van der Waals surface area contributed by atoms with Crippen molar-refractivity contribution in [1.29, 1.82) is 0 Å². The SMILES string of the molecule is CCc1oc2ccccc2c1/C=C/C(=O)NC(CC)CC. The summed E-state index contributed by atoms with van der Waals surface area (Å²) in [5.74, 6) is 0.874. The summed E-state index contributed by atoms with van der Waals surface area (Å²) in [5, 5.41) is 4.06. The van der Waals surface area contributed by atoms with Gasteiger partial charge < -0.3 is 9.73 Å². The lowest BCUT2D eigenvalue weighted by atomic mass is 10.1. The summed E-state index contributed by atoms with van der Waals surface area (Å²) in [6.07, 6.45) is 6.18. The van der Waals surface area contributed by atoms with Crippen LogP contribution in [0.3, 0.4) is 0 Å². The number of hydrogen-bond donors (Lipinski definition) is 1. The van der Waals surface area contributed by atoms with Crippen LogP contribution in [-0.4, -0.2) is 11.9 Å². The monoisotopic (exact) mass is 285 g/mol. The van der Waals surface area contributed by atoms with Gasteiger partial charge in [-0.2, -0.15) is 0 Å². The van der Waals surface area contributed by atoms with Gasteiger partial charge in [0.2, 0.25) is 5.91 Å². The number of carbonyl (C=O) groups excluding carboxylic acids is 1. The summed E-state index contributed by atoms with van der Waals surface area (Å²) < 4.78 is 5.82. The van der Waals surface area contributed by atoms with Crippen molar-refractivity contribution in [2.45, 2.75) is 46.1 Å². The molecule has 0 bridgehead atoms. The quantitative estimate of drug-likeness (QED) is 0.803. The molecule has 2 aromatic rings. The van der Waals surface area contributed by atoms with Crippen LogP contribution in [0.25, 0.3) is 17.0 Å². The van der Waals surface area contributed by atoms with E-state index < -0.39 is 0 Å². The molecule has 0 radical (unpaired) electrons. The van der Waals surface area contributed by atoms with Crippen LogP contribution < -0.4 is 5.32 Å². The summed E-state index contributed by atoms with van der Waals surface area (Å²) in [5.41, 5.74) is 1.88. The van der Waals surface area contributed by atoms with Gasteiger partial charge in [-0.15, -0.1) is 0 Å². The Morgan fingerprint density at radius 2 is 1.95 bits per heavy atom. The zero-order valence-electron chi connectivity index (χ0n) is 13.0. The number of carbonyl (C=O) groups is 1. The van der Waals surface area contributed by atoms with E-state index in [1.807, 2.05) is 30.3 Å². The lowest BCUT2D eigenvalue weighted by Gasteiger charge is -2.12. The number of fused-ring (bicyclic) bond motifs is 1. The molecule has 21 heavy (non-hydrogen) atoms. The Labute approximate surface area is 126 Å². The van der Waals surface area contributed by atoms with Crippen molar-refractivity contribution in [3.05, 3.63) is 41.7 Å². The van der Waals surface area contributed by atoms with Crippen molar-refractivity contribution in [3.8, 4) is 0 Å². The Kier molecular flexibility index (Phi) is 5.20. The van der Waals surface area contributed by atoms with E-state index in [9.17, 15) is 4.79 Å². The average molecular weight is 285 g/mol. The molecule has 3 heteroatoms. The predicted molar refractivity (Wildman–Crippen MR) is 87.1 cm³/mol. The Bertz CT molecular complexity index is 636. The van der Waals surface area contributed by atoms with Crippen LogP contribution in [0.15, 0.2) is 34.8 Å². The first-order valence-electron chi connectivity index (χ1n) is 7.68. The molecule has 1 N–H and O–H groups in total. The van der Waals surface area contributed by atoms with Crippen molar-refractivity contribution in [2.75, 3.05) is 0 Å². The summed E-state index contributed by atoms with van der Waals surface area (Å²) >= 11 is 0. The zero-order valence-corrected chi connectivity index (χ0v) is 13.0. The highest BCUT2D eigenvalue weighted by Crippen LogP contribution is 2.27. The molecule has 1 heterocycles. The third-order valence-electron chi connectivity index (χ3n) is 3.77. The van der Waals surface area contributed by atoms with Gasteiger partial charge in [-0.05, 0) is 25.0 Å². The van der Waals surface area contributed by atoms with E-state index in [4.69, 9.17) is 4.42 Å². The topological polar surface area (TPSA) is 42.2 Å². The fourth-order valence-electron chi connectivity index (χ4n) is 2.46. The third kappa shape index (κ3) is 3.54. The second kappa shape index (κ2) is 7.11. The van der Waals surface area contributed by atoms with E-state index in [-0.39, 0.29) is 11.9 Å². The van der Waals surface area contributed by atoms with E-state index in [2.05, 4.69) is 26.1 Å². The third-order valence-corrected chi connectivity index (χ3v) is 3.77. The minimum atomic E-state index is -0.0453. The number of aryl methyl sites for hydroxylation is 1. The van der Waals surface area contributed by atoms with Crippen molar-refractivity contribution in [3.63, 3.8) is 0 Å². The summed E-state index contributed by atoms with van der Waals surface area (Å²) in [6.45, 7) is 6.22. The highest BCUT2D eigenvalue weighted by atomic mass is 16.3. The minimum Gasteiger partial charge on any atom is -0.460 e. The molecule has 0 fully saturated rings. The van der Waals surface area contributed by atoms with E-state index in [1.165, 1.54) is 0 Å². The molecule has 3 nitrogen and oxygen atoms in total. The lowest BCUT2D eigenvalue weighted by molar-refractivity contribution is -0.117. The van der Waals surface area contributed by atoms with Crippen molar-refractivity contribution < 1.29 is 9.21 Å². The van der Waals surface area contributed by atoms with Gasteiger partial charge in [-0.1, -0.05) is 39.0 Å². The Balaban J connectivity index is 2.22. The molecule has 0 aliphatic carbocycles. The van der Waals surface area contributed by atoms with E-state index in [0.717, 1.165) is 41.6 Å². The van der Waals surface area contributed by atoms with Crippen LogP contribution >= 0.6 is 0 Å². The number of rotatable bonds is 6. The maximum absolute atomic E-state index is 12.0. The first-order chi connectivity index (χ1) is 10.2. The first-order valence-corrected chi connectivity index (χ1v) is 7.68. The number of hydrogen-bond acceptors (Lipinski definition) is 2. The molecule has 0 spiro atoms. The lowest BCUT2D eigenvalue weighted by Crippen LogP contribution is -2.32. The van der Waals surface area contributed by atoms with Crippen LogP contribution in [0, 0.1) is 0 Å². The number of amides is 1. The molecule has 0 saturated heterocycles. The van der Waals surface area contributed by atoms with Gasteiger partial charge in [0.15, 0.2) is 0 Å². The summed E-state index contributed by atoms with van der Waals surface area (Å²) in [6, 6.07) is 8.17. The molecule has 1 amide bonds. The Morgan fingerprint density at radius 3 is 2.62 bits per heavy atom. The molecular weight excluding hydrogens is 262 g/mol. The maximum atomic E-state index is 12.0. The second-order valence-corrected chi connectivity index (χ2v) is 5.14. The van der Waals surface area contributed by atoms with Crippen LogP contribution in [0.1, 0.15) is 44.9 Å². The molecule has 0 unspecified atom stereocenters. The highest BCUT2D eigenvalue weighted by molar-refractivity contribution is 5.96. The fourth-order valence-corrected chi connectivity index (χ4v) is 2.46. The van der Waals surface area contributed by atoms with Gasteiger partial charge in [-0.3, -0.25) is 4.79 Å². The van der Waals surface area contributed by atoms with Gasteiger partial charge in [0.25, 0.3) is 0 Å². The molecule has 0 saturated carbocycles. The molecule has 112 valence electrons. The summed E-state index contributed by atoms with van der Waals surface area (Å²) in [4.78, 5) is 12.0. The molecule has 0 atom stereocenters. The van der Waals surface area contributed by atoms with Gasteiger partial charge in [0, 0.05) is 29.5 Å². The normalized spacial score (nSPS) is 11.6. The molecule has 1 aromatic carbocycles. The summed E-state index contributed by atoms with van der Waals surface area (Å²) in [7, 11) is 0. The van der Waals surface area contributed by atoms with Gasteiger partial charge in [0.05, 0.1) is 0 Å². The first kappa shape index (κ1) is 15.4. The van der Waals surface area contributed by atoms with Crippen LogP contribution in [0.2, 0.25) is 0 Å². The fraction of sp³-hybridized carbons (Fsp3) is 0.389. The van der Waals surface area contributed by atoms with Crippen LogP contribution in [0.5, 0.6) is 0 Å². The zero-order chi connectivity index (χ0) is 15.2. The number of nitrogens with one attached hydrogen (secondary N) is 1. The molecular formula is C18H23NO2. The van der Waals surface area contributed by atoms with Crippen LogP contribution in [-0.2, 0) is 11.2 Å². The van der Waals surface area contributed by atoms with Crippen molar-refractivity contribution in [1.82, 2.24) is 5.32 Å². The largest absolute Gasteiger partial charge is 0.460 e. The molecule has 2 rings (SSSR count). The van der Waals surface area contributed by atoms with E-state index in [1.54, 1.807) is 6.08 Å². The molecule has 0 aliphatic rings. The maximum Gasteiger partial charge on any atom is 0.244 e. The van der Waals surface area contributed by atoms with Crippen molar-refractivity contribution >= 4 is 23.0 Å². The van der Waals surface area contributed by atoms with Gasteiger partial charge in [-0.25, -0.2) is 0 Å². The predicted octanol–water partition coefficient (Wildman–Crippen LogP) is 4.31. The minimum absolute atomic E-state index is 0.0453. The number of benzene rings is 1. The standard InChI is InChI=1S/C18H23NO2/c1-4-13(5-2)19-18(20)12-11-15-14-9-7-8-10-17(14)21-16(15)6-3/h7-13H,4-6H2,1-3H3,(H,19,20)/b12-11+. The smallest absolute Gasteiger partial charge is 0.244 e. The Morgan fingerprint density at radius 1 is 1.24 bits per heavy atom. The van der Waals surface area contributed by atoms with E-state index in [0.29, 0.717) is 0 Å². The number of para-hydroxylation sites is 1. The highest BCUT2D eigenvalue weighted by Gasteiger charge is 2.11.